The number of alkyl halides is 3. The first kappa shape index (κ1) is 12.8. The average Bonchev–Trinajstić information content (AvgIpc) is 2.32. The first-order chi connectivity index (χ1) is 8.47. The molecule has 0 aliphatic carbocycles. The summed E-state index contributed by atoms with van der Waals surface area (Å²) < 4.78 is 37.5. The van der Waals surface area contributed by atoms with Gasteiger partial charge in [0.05, 0.1) is 10.5 Å². The first-order valence-corrected chi connectivity index (χ1v) is 5.81. The van der Waals surface area contributed by atoms with Gasteiger partial charge in [-0.15, -0.1) is 0 Å². The molecule has 0 saturated heterocycles. The Balaban J connectivity index is 2.36. The zero-order chi connectivity index (χ0) is 13.2. The fourth-order valence-electron chi connectivity index (χ4n) is 1.32. The predicted molar refractivity (Wildman–Crippen MR) is 62.6 cm³/mol. The molecular formula is C12H8F3NOS. The summed E-state index contributed by atoms with van der Waals surface area (Å²) in [7, 11) is 0. The van der Waals surface area contributed by atoms with Crippen LogP contribution in [0.2, 0.25) is 0 Å². The largest absolute Gasteiger partial charge is 0.417 e. The van der Waals surface area contributed by atoms with Crippen LogP contribution in [0.4, 0.5) is 13.2 Å². The number of halogens is 3. The average molecular weight is 271 g/mol. The van der Waals surface area contributed by atoms with Gasteiger partial charge in [0.2, 0.25) is 0 Å². The van der Waals surface area contributed by atoms with E-state index in [9.17, 15) is 18.0 Å². The van der Waals surface area contributed by atoms with E-state index in [4.69, 9.17) is 0 Å². The van der Waals surface area contributed by atoms with Crippen molar-refractivity contribution in [1.82, 2.24) is 4.98 Å². The van der Waals surface area contributed by atoms with Crippen molar-refractivity contribution in [2.75, 3.05) is 0 Å². The number of H-pyrrole nitrogens is 1. The molecule has 0 amide bonds. The molecule has 2 nitrogen and oxygen atoms in total. The highest BCUT2D eigenvalue weighted by Crippen LogP contribution is 2.31. The third kappa shape index (κ3) is 2.95. The van der Waals surface area contributed by atoms with Crippen molar-refractivity contribution in [3.05, 3.63) is 58.5 Å². The first-order valence-electron chi connectivity index (χ1n) is 4.99. The minimum Gasteiger partial charge on any atom is -0.328 e. The molecule has 6 heteroatoms. The standard InChI is InChI=1S/C12H8F3NOS/c13-12(14,15)8-6-10(11(17)16-7-8)18-9-4-2-1-3-5-9/h1-7H,(H,16,17). The number of aromatic nitrogens is 1. The normalized spacial score (nSPS) is 11.5. The second-order valence-electron chi connectivity index (χ2n) is 3.49. The Morgan fingerprint density at radius 3 is 2.39 bits per heavy atom. The molecule has 2 aromatic rings. The SMILES string of the molecule is O=c1[nH]cc(C(F)(F)F)cc1Sc1ccccc1. The molecule has 0 bridgehead atoms. The number of aromatic amines is 1. The van der Waals surface area contributed by atoms with Crippen LogP contribution in [-0.2, 0) is 6.18 Å². The van der Waals surface area contributed by atoms with Gasteiger partial charge in [0.15, 0.2) is 0 Å². The molecule has 0 aliphatic rings. The van der Waals surface area contributed by atoms with E-state index in [1.807, 2.05) is 0 Å². The van der Waals surface area contributed by atoms with Crippen molar-refractivity contribution in [3.8, 4) is 0 Å². The smallest absolute Gasteiger partial charge is 0.328 e. The lowest BCUT2D eigenvalue weighted by molar-refractivity contribution is -0.138. The summed E-state index contributed by atoms with van der Waals surface area (Å²) in [6.07, 6.45) is -3.78. The fraction of sp³-hybridized carbons (Fsp3) is 0.0833. The zero-order valence-corrected chi connectivity index (χ0v) is 9.81. The van der Waals surface area contributed by atoms with Crippen LogP contribution in [0.3, 0.4) is 0 Å². The summed E-state index contributed by atoms with van der Waals surface area (Å²) in [6, 6.07) is 9.61. The molecule has 0 saturated carbocycles. The van der Waals surface area contributed by atoms with Crippen LogP contribution in [0.15, 0.2) is 57.2 Å². The molecule has 0 unspecified atom stereocenters. The molecule has 2 rings (SSSR count). The van der Waals surface area contributed by atoms with Gasteiger partial charge in [-0.2, -0.15) is 13.2 Å². The summed E-state index contributed by atoms with van der Waals surface area (Å²) in [6.45, 7) is 0. The van der Waals surface area contributed by atoms with E-state index in [0.717, 1.165) is 17.8 Å². The highest BCUT2D eigenvalue weighted by molar-refractivity contribution is 7.99. The summed E-state index contributed by atoms with van der Waals surface area (Å²) in [4.78, 5) is 14.3. The Kier molecular flexibility index (Phi) is 3.47. The van der Waals surface area contributed by atoms with Gasteiger partial charge in [-0.05, 0) is 18.2 Å². The van der Waals surface area contributed by atoms with Gasteiger partial charge in [0, 0.05) is 11.1 Å². The molecule has 0 aliphatic heterocycles. The molecular weight excluding hydrogens is 263 g/mol. The predicted octanol–water partition coefficient (Wildman–Crippen LogP) is 3.54. The van der Waals surface area contributed by atoms with Crippen LogP contribution < -0.4 is 5.56 Å². The molecule has 1 heterocycles. The molecule has 0 atom stereocenters. The molecule has 18 heavy (non-hydrogen) atoms. The van der Waals surface area contributed by atoms with Crippen LogP contribution in [0.25, 0.3) is 0 Å². The lowest BCUT2D eigenvalue weighted by atomic mass is 10.3. The Bertz CT molecular complexity index is 592. The van der Waals surface area contributed by atoms with Crippen molar-refractivity contribution >= 4 is 11.8 Å². The van der Waals surface area contributed by atoms with Gasteiger partial charge < -0.3 is 4.98 Å². The summed E-state index contributed by atoms with van der Waals surface area (Å²) in [5.74, 6) is 0. The van der Waals surface area contributed by atoms with Crippen molar-refractivity contribution in [3.63, 3.8) is 0 Å². The molecule has 1 aromatic carbocycles. The van der Waals surface area contributed by atoms with Crippen LogP contribution >= 0.6 is 11.8 Å². The Labute approximate surface area is 105 Å². The van der Waals surface area contributed by atoms with Crippen molar-refractivity contribution < 1.29 is 13.2 Å². The summed E-state index contributed by atoms with van der Waals surface area (Å²) in [5.41, 5.74) is -1.39. The van der Waals surface area contributed by atoms with Gasteiger partial charge in [-0.3, -0.25) is 4.79 Å². The fourth-order valence-corrected chi connectivity index (χ4v) is 2.20. The number of benzene rings is 1. The highest BCUT2D eigenvalue weighted by Gasteiger charge is 2.31. The molecule has 0 radical (unpaired) electrons. The molecule has 0 spiro atoms. The van der Waals surface area contributed by atoms with Crippen LogP contribution in [0.5, 0.6) is 0 Å². The number of hydrogen-bond acceptors (Lipinski definition) is 2. The topological polar surface area (TPSA) is 32.9 Å². The highest BCUT2D eigenvalue weighted by atomic mass is 32.2. The van der Waals surface area contributed by atoms with E-state index in [-0.39, 0.29) is 4.90 Å². The van der Waals surface area contributed by atoms with Gasteiger partial charge in [0.25, 0.3) is 5.56 Å². The maximum Gasteiger partial charge on any atom is 0.417 e. The minimum atomic E-state index is -4.46. The Morgan fingerprint density at radius 1 is 1.11 bits per heavy atom. The van der Waals surface area contributed by atoms with E-state index >= 15 is 0 Å². The molecule has 1 N–H and O–H groups in total. The quantitative estimate of drug-likeness (QED) is 0.906. The van der Waals surface area contributed by atoms with Gasteiger partial charge >= 0.3 is 6.18 Å². The lowest BCUT2D eigenvalue weighted by Gasteiger charge is -2.07. The number of hydrogen-bond donors (Lipinski definition) is 1. The molecule has 1 aromatic heterocycles. The van der Waals surface area contributed by atoms with E-state index in [1.54, 1.807) is 30.3 Å². The Morgan fingerprint density at radius 2 is 1.78 bits per heavy atom. The van der Waals surface area contributed by atoms with Gasteiger partial charge in [-0.25, -0.2) is 0 Å². The monoisotopic (exact) mass is 271 g/mol. The second-order valence-corrected chi connectivity index (χ2v) is 4.61. The van der Waals surface area contributed by atoms with E-state index in [2.05, 4.69) is 4.98 Å². The zero-order valence-electron chi connectivity index (χ0n) is 8.99. The lowest BCUT2D eigenvalue weighted by Crippen LogP contribution is -2.13. The third-order valence-corrected chi connectivity index (χ3v) is 3.20. The van der Waals surface area contributed by atoms with Gasteiger partial charge in [0.1, 0.15) is 0 Å². The van der Waals surface area contributed by atoms with Crippen LogP contribution in [0, 0.1) is 0 Å². The van der Waals surface area contributed by atoms with Crippen LogP contribution in [-0.4, -0.2) is 4.98 Å². The van der Waals surface area contributed by atoms with E-state index in [0.29, 0.717) is 11.1 Å². The van der Waals surface area contributed by atoms with E-state index in [1.165, 1.54) is 0 Å². The maximum absolute atomic E-state index is 12.5. The van der Waals surface area contributed by atoms with Crippen LogP contribution in [0.1, 0.15) is 5.56 Å². The van der Waals surface area contributed by atoms with Crippen molar-refractivity contribution in [2.24, 2.45) is 0 Å². The van der Waals surface area contributed by atoms with Gasteiger partial charge in [-0.1, -0.05) is 30.0 Å². The number of pyridine rings is 1. The van der Waals surface area contributed by atoms with E-state index < -0.39 is 17.3 Å². The Hall–Kier alpha value is -1.69. The summed E-state index contributed by atoms with van der Waals surface area (Å²) >= 11 is 1.00. The second kappa shape index (κ2) is 4.89. The maximum atomic E-state index is 12.5. The summed E-state index contributed by atoms with van der Waals surface area (Å²) in [5, 5.41) is 0. The third-order valence-electron chi connectivity index (χ3n) is 2.17. The molecule has 94 valence electrons. The van der Waals surface area contributed by atoms with Crippen molar-refractivity contribution in [2.45, 2.75) is 16.0 Å². The van der Waals surface area contributed by atoms with Crippen molar-refractivity contribution in [1.29, 1.82) is 0 Å². The minimum absolute atomic E-state index is 0.0241. The number of rotatable bonds is 2. The molecule has 0 fully saturated rings. The number of nitrogens with one attached hydrogen (secondary N) is 1.